The van der Waals surface area contributed by atoms with Gasteiger partial charge in [0.2, 0.25) is 0 Å². The monoisotopic (exact) mass is 315 g/mol. The van der Waals surface area contributed by atoms with Gasteiger partial charge in [-0.25, -0.2) is 8.42 Å². The molecular weight excluding hydrogens is 298 g/mol. The number of rotatable bonds is 5. The first-order valence-electron chi connectivity index (χ1n) is 5.99. The summed E-state index contributed by atoms with van der Waals surface area (Å²) < 4.78 is 21.9. The van der Waals surface area contributed by atoms with Crippen LogP contribution >= 0.6 is 11.3 Å². The van der Waals surface area contributed by atoms with E-state index in [1.54, 1.807) is 6.07 Å². The number of carbonyl (C=O) groups is 1. The van der Waals surface area contributed by atoms with E-state index in [2.05, 4.69) is 17.2 Å². The van der Waals surface area contributed by atoms with Gasteiger partial charge >= 0.3 is 0 Å². The summed E-state index contributed by atoms with van der Waals surface area (Å²) in [6.07, 6.45) is 1.52. The summed E-state index contributed by atoms with van der Waals surface area (Å²) in [6.45, 7) is 1.96. The minimum atomic E-state index is -3.08. The van der Waals surface area contributed by atoms with Crippen molar-refractivity contribution in [1.82, 2.24) is 5.32 Å². The molecule has 0 spiro atoms. The minimum Gasteiger partial charge on any atom is -0.395 e. The highest BCUT2D eigenvalue weighted by atomic mass is 32.2. The van der Waals surface area contributed by atoms with Crippen LogP contribution in [0.1, 0.15) is 26.5 Å². The van der Waals surface area contributed by atoms with Gasteiger partial charge in [0.15, 0.2) is 0 Å². The van der Waals surface area contributed by atoms with E-state index in [0.717, 1.165) is 16.7 Å². The number of aryl methyl sites for hydroxylation is 1. The Morgan fingerprint density at radius 3 is 2.80 bits per heavy atom. The topological polar surface area (TPSA) is 83.5 Å². The predicted molar refractivity (Wildman–Crippen MR) is 79.7 cm³/mol. The summed E-state index contributed by atoms with van der Waals surface area (Å²) in [5, 5.41) is 11.2. The van der Waals surface area contributed by atoms with Gasteiger partial charge in [0, 0.05) is 19.2 Å². The van der Waals surface area contributed by atoms with Crippen LogP contribution in [-0.2, 0) is 9.84 Å². The number of amides is 1. The third kappa shape index (κ3) is 5.74. The summed E-state index contributed by atoms with van der Waals surface area (Å²) in [5.74, 6) is 5.34. The summed E-state index contributed by atoms with van der Waals surface area (Å²) in [5.41, 5.74) is 0.897. The lowest BCUT2D eigenvalue weighted by molar-refractivity contribution is 0.0960. The molecule has 20 heavy (non-hydrogen) atoms. The van der Waals surface area contributed by atoms with Crippen LogP contribution in [-0.4, -0.2) is 44.6 Å². The molecule has 0 fully saturated rings. The molecule has 0 unspecified atom stereocenters. The van der Waals surface area contributed by atoms with Crippen LogP contribution in [0.25, 0.3) is 0 Å². The summed E-state index contributed by atoms with van der Waals surface area (Å²) in [7, 11) is -3.08. The average Bonchev–Trinajstić information content (AvgIpc) is 2.70. The number of aliphatic hydroxyl groups is 1. The molecular formula is C13H17NO4S2. The fourth-order valence-corrected chi connectivity index (χ4v) is 2.79. The van der Waals surface area contributed by atoms with Crippen LogP contribution in [0.4, 0.5) is 0 Å². The number of sulfone groups is 1. The first kappa shape index (κ1) is 16.7. The Morgan fingerprint density at radius 1 is 1.50 bits per heavy atom. The zero-order valence-corrected chi connectivity index (χ0v) is 13.0. The third-order valence-corrected chi connectivity index (χ3v) is 4.44. The van der Waals surface area contributed by atoms with Gasteiger partial charge in [-0.1, -0.05) is 11.8 Å². The van der Waals surface area contributed by atoms with E-state index in [1.807, 2.05) is 6.92 Å². The maximum absolute atomic E-state index is 11.8. The van der Waals surface area contributed by atoms with Crippen molar-refractivity contribution in [3.05, 3.63) is 21.4 Å². The summed E-state index contributed by atoms with van der Waals surface area (Å²) in [6, 6.07) is 1.73. The van der Waals surface area contributed by atoms with Gasteiger partial charge < -0.3 is 10.4 Å². The van der Waals surface area contributed by atoms with Crippen LogP contribution in [0.3, 0.4) is 0 Å². The lowest BCUT2D eigenvalue weighted by Crippen LogP contribution is -2.28. The Morgan fingerprint density at radius 2 is 2.20 bits per heavy atom. The molecule has 0 aliphatic carbocycles. The van der Waals surface area contributed by atoms with Crippen molar-refractivity contribution in [3.63, 3.8) is 0 Å². The largest absolute Gasteiger partial charge is 0.395 e. The molecule has 0 atom stereocenters. The molecule has 1 amide bonds. The van der Waals surface area contributed by atoms with Gasteiger partial charge in [0.25, 0.3) is 5.91 Å². The first-order valence-corrected chi connectivity index (χ1v) is 8.87. The SMILES string of the molecule is Cc1cc(C(=O)NCCS(C)(=O)=O)sc1C#CCCO. The van der Waals surface area contributed by atoms with E-state index in [0.29, 0.717) is 11.3 Å². The van der Waals surface area contributed by atoms with Gasteiger partial charge in [0.05, 0.1) is 22.1 Å². The zero-order chi connectivity index (χ0) is 15.2. The molecule has 110 valence electrons. The number of hydrogen-bond acceptors (Lipinski definition) is 5. The molecule has 5 nitrogen and oxygen atoms in total. The van der Waals surface area contributed by atoms with Crippen LogP contribution in [0.15, 0.2) is 6.07 Å². The Balaban J connectivity index is 2.66. The Kier molecular flexibility index (Phi) is 6.20. The van der Waals surface area contributed by atoms with Crippen LogP contribution in [0.2, 0.25) is 0 Å². The maximum Gasteiger partial charge on any atom is 0.261 e. The lowest BCUT2D eigenvalue weighted by atomic mass is 10.2. The van der Waals surface area contributed by atoms with Crippen molar-refractivity contribution in [1.29, 1.82) is 0 Å². The molecule has 0 saturated carbocycles. The maximum atomic E-state index is 11.8. The zero-order valence-electron chi connectivity index (χ0n) is 11.4. The highest BCUT2D eigenvalue weighted by Gasteiger charge is 2.12. The molecule has 1 heterocycles. The molecule has 0 aliphatic heterocycles. The van der Waals surface area contributed by atoms with Crippen molar-refractivity contribution in [2.24, 2.45) is 0 Å². The molecule has 2 N–H and O–H groups in total. The summed E-state index contributed by atoms with van der Waals surface area (Å²) >= 11 is 1.26. The first-order chi connectivity index (χ1) is 9.33. The van der Waals surface area contributed by atoms with Crippen molar-refractivity contribution in [3.8, 4) is 11.8 Å². The van der Waals surface area contributed by atoms with Crippen LogP contribution in [0.5, 0.6) is 0 Å². The van der Waals surface area contributed by atoms with E-state index in [1.165, 1.54) is 11.3 Å². The molecule has 0 saturated heterocycles. The molecule has 0 radical (unpaired) electrons. The molecule has 7 heteroatoms. The minimum absolute atomic E-state index is 0.0102. The van der Waals surface area contributed by atoms with E-state index < -0.39 is 9.84 Å². The molecule has 0 bridgehead atoms. The standard InChI is InChI=1S/C13H17NO4S2/c1-10-9-12(19-11(10)5-3-4-7-15)13(16)14-6-8-20(2,17)18/h9,15H,4,6-8H2,1-2H3,(H,14,16). The Hall–Kier alpha value is -1.36. The van der Waals surface area contributed by atoms with Gasteiger partial charge in [-0.3, -0.25) is 4.79 Å². The smallest absolute Gasteiger partial charge is 0.261 e. The number of carbonyl (C=O) groups excluding carboxylic acids is 1. The second kappa shape index (κ2) is 7.43. The van der Waals surface area contributed by atoms with E-state index in [-0.39, 0.29) is 24.8 Å². The van der Waals surface area contributed by atoms with Gasteiger partial charge in [-0.05, 0) is 18.6 Å². The number of aliphatic hydroxyl groups excluding tert-OH is 1. The highest BCUT2D eigenvalue weighted by molar-refractivity contribution is 7.90. The van der Waals surface area contributed by atoms with Crippen molar-refractivity contribution >= 4 is 27.1 Å². The number of thiophene rings is 1. The van der Waals surface area contributed by atoms with Crippen LogP contribution in [0, 0.1) is 18.8 Å². The molecule has 1 aromatic rings. The quantitative estimate of drug-likeness (QED) is 0.778. The van der Waals surface area contributed by atoms with Gasteiger partial charge in [0.1, 0.15) is 9.84 Å². The lowest BCUT2D eigenvalue weighted by Gasteiger charge is -2.01. The van der Waals surface area contributed by atoms with Crippen molar-refractivity contribution < 1.29 is 18.3 Å². The molecule has 1 aromatic heterocycles. The Labute approximate surface area is 122 Å². The van der Waals surface area contributed by atoms with E-state index >= 15 is 0 Å². The van der Waals surface area contributed by atoms with Crippen molar-refractivity contribution in [2.75, 3.05) is 25.2 Å². The second-order valence-electron chi connectivity index (χ2n) is 4.28. The van der Waals surface area contributed by atoms with E-state index in [4.69, 9.17) is 5.11 Å². The normalized spacial score (nSPS) is 10.8. The van der Waals surface area contributed by atoms with Crippen molar-refractivity contribution in [2.45, 2.75) is 13.3 Å². The highest BCUT2D eigenvalue weighted by Crippen LogP contribution is 2.20. The second-order valence-corrected chi connectivity index (χ2v) is 7.60. The molecule has 1 rings (SSSR count). The fourth-order valence-electron chi connectivity index (χ4n) is 1.35. The van der Waals surface area contributed by atoms with E-state index in [9.17, 15) is 13.2 Å². The van der Waals surface area contributed by atoms with Gasteiger partial charge in [-0.2, -0.15) is 0 Å². The fraction of sp³-hybridized carbons (Fsp3) is 0.462. The average molecular weight is 315 g/mol. The number of nitrogens with one attached hydrogen (secondary N) is 1. The Bertz CT molecular complexity index is 635. The molecule has 0 aliphatic rings. The predicted octanol–water partition coefficient (Wildman–Crippen LogP) is 0.565. The van der Waals surface area contributed by atoms with Gasteiger partial charge in [-0.15, -0.1) is 11.3 Å². The number of hydrogen-bond donors (Lipinski definition) is 2. The van der Waals surface area contributed by atoms with Crippen LogP contribution < -0.4 is 5.32 Å². The third-order valence-electron chi connectivity index (χ3n) is 2.34. The molecule has 0 aromatic carbocycles. The summed E-state index contributed by atoms with van der Waals surface area (Å²) in [4.78, 5) is 13.1.